The van der Waals surface area contributed by atoms with E-state index in [1.54, 1.807) is 52.8 Å². The number of carbonyl (C=O) groups excluding carboxylic acids is 2. The number of aromatic carboxylic acids is 1. The van der Waals surface area contributed by atoms with E-state index < -0.39 is 22.8 Å². The van der Waals surface area contributed by atoms with Gasteiger partial charge in [-0.25, -0.2) is 4.79 Å². The Labute approximate surface area is 245 Å². The maximum atomic E-state index is 11.9. The van der Waals surface area contributed by atoms with Crippen LogP contribution in [-0.2, 0) is 9.59 Å². The van der Waals surface area contributed by atoms with Crippen LogP contribution in [0.25, 0.3) is 0 Å². The van der Waals surface area contributed by atoms with Crippen LogP contribution in [0.3, 0.4) is 0 Å². The molecule has 0 fully saturated rings. The van der Waals surface area contributed by atoms with Crippen molar-refractivity contribution in [1.82, 2.24) is 0 Å². The van der Waals surface area contributed by atoms with Gasteiger partial charge in [0.2, 0.25) is 0 Å². The maximum Gasteiger partial charge on any atom is 0.336 e. The van der Waals surface area contributed by atoms with Crippen LogP contribution in [0.5, 0.6) is 0 Å². The quantitative estimate of drug-likeness (QED) is 0.353. The molecule has 6 heteroatoms. The number of aliphatic carboxylic acids is 1. The molecule has 1 aromatic carbocycles. The van der Waals surface area contributed by atoms with Crippen molar-refractivity contribution >= 4 is 23.5 Å². The number of benzene rings is 1. The van der Waals surface area contributed by atoms with Crippen LogP contribution in [0.2, 0.25) is 0 Å². The molecule has 1 rings (SSSR count). The Morgan fingerprint density at radius 2 is 0.875 bits per heavy atom. The van der Waals surface area contributed by atoms with Gasteiger partial charge in [0, 0.05) is 21.8 Å². The van der Waals surface area contributed by atoms with Gasteiger partial charge in [0.05, 0.1) is 11.0 Å². The van der Waals surface area contributed by atoms with Gasteiger partial charge in [-0.15, -0.1) is 0 Å². The molecule has 0 aliphatic carbocycles. The molecule has 0 aliphatic rings. The lowest BCUT2D eigenvalue weighted by atomic mass is 9.55. The molecule has 0 bridgehead atoms. The van der Waals surface area contributed by atoms with E-state index in [1.807, 2.05) is 69.2 Å². The molecule has 0 spiro atoms. The van der Waals surface area contributed by atoms with Gasteiger partial charge < -0.3 is 10.2 Å². The van der Waals surface area contributed by atoms with Crippen molar-refractivity contribution in [1.29, 1.82) is 0 Å². The first-order valence-corrected chi connectivity index (χ1v) is 14.1. The molecular formula is C34H60O6. The zero-order valence-electron chi connectivity index (χ0n) is 28.8. The first-order chi connectivity index (χ1) is 17.4. The summed E-state index contributed by atoms with van der Waals surface area (Å²) in [5.41, 5.74) is -1.58. The molecule has 0 unspecified atom stereocenters. The predicted octanol–water partition coefficient (Wildman–Crippen LogP) is 9.46. The average molecular weight is 565 g/mol. The Bertz CT molecular complexity index is 969. The van der Waals surface area contributed by atoms with Crippen LogP contribution in [0.4, 0.5) is 0 Å². The Morgan fingerprint density at radius 1 is 0.550 bits per heavy atom. The third-order valence-electron chi connectivity index (χ3n) is 7.42. The summed E-state index contributed by atoms with van der Waals surface area (Å²) in [6.07, 6.45) is 0. The maximum absolute atomic E-state index is 11.9. The number of rotatable bonds is 4. The fraction of sp³-hybridized carbons (Fsp3) is 0.706. The summed E-state index contributed by atoms with van der Waals surface area (Å²) in [5, 5.41) is 18.1. The zero-order valence-corrected chi connectivity index (χ0v) is 28.8. The standard InChI is InChI=1S/C12H14O3.C11H22O2.C9H18O.C2H6/c1-12(2,3)10(13)8-6-4-5-7-9(8)11(14)15;1-9(2,3)11(6,7)10(4,5)8(12)13;1-8(2,3)7(10)9(4,5)6;1-2/h4-7H,1-3H3,(H,14,15);1-7H3,(H,12,13);1-6H3;1-2H3. The molecule has 0 heterocycles. The summed E-state index contributed by atoms with van der Waals surface area (Å²) < 4.78 is 0. The number of hydrogen-bond donors (Lipinski definition) is 2. The van der Waals surface area contributed by atoms with E-state index in [-0.39, 0.29) is 38.6 Å². The smallest absolute Gasteiger partial charge is 0.336 e. The lowest BCUT2D eigenvalue weighted by Crippen LogP contribution is -2.47. The third-order valence-corrected chi connectivity index (χ3v) is 7.42. The number of ketones is 2. The van der Waals surface area contributed by atoms with Gasteiger partial charge in [0.1, 0.15) is 5.78 Å². The Kier molecular flexibility index (Phi) is 15.7. The molecular weight excluding hydrogens is 504 g/mol. The minimum atomic E-state index is -1.07. The summed E-state index contributed by atoms with van der Waals surface area (Å²) in [6, 6.07) is 6.28. The Balaban J connectivity index is -0.000000507. The molecule has 0 saturated carbocycles. The molecule has 0 radical (unpaired) electrons. The highest BCUT2D eigenvalue weighted by molar-refractivity contribution is 6.07. The summed E-state index contributed by atoms with van der Waals surface area (Å²) in [4.78, 5) is 45.4. The number of Topliss-reactive ketones (excluding diaryl/α,β-unsaturated/α-hetero) is 2. The second kappa shape index (κ2) is 14.9. The topological polar surface area (TPSA) is 109 Å². The van der Waals surface area contributed by atoms with E-state index in [4.69, 9.17) is 10.2 Å². The van der Waals surface area contributed by atoms with Gasteiger partial charge in [0.15, 0.2) is 5.78 Å². The summed E-state index contributed by atoms with van der Waals surface area (Å²) in [6.45, 7) is 34.9. The molecule has 0 atom stereocenters. The average Bonchev–Trinajstić information content (AvgIpc) is 2.77. The van der Waals surface area contributed by atoms with Gasteiger partial charge in [-0.1, -0.05) is 129 Å². The minimum absolute atomic E-state index is 0.0190. The van der Waals surface area contributed by atoms with E-state index in [9.17, 15) is 19.2 Å². The van der Waals surface area contributed by atoms with Crippen LogP contribution in [0, 0.1) is 32.5 Å². The molecule has 40 heavy (non-hydrogen) atoms. The summed E-state index contributed by atoms with van der Waals surface area (Å²) >= 11 is 0. The highest BCUT2D eigenvalue weighted by atomic mass is 16.4. The molecule has 232 valence electrons. The number of hydrogen-bond acceptors (Lipinski definition) is 4. The molecule has 0 aromatic heterocycles. The predicted molar refractivity (Wildman–Crippen MR) is 167 cm³/mol. The van der Waals surface area contributed by atoms with Crippen LogP contribution in [-0.4, -0.2) is 33.7 Å². The first kappa shape index (κ1) is 42.0. The molecule has 0 aliphatic heterocycles. The zero-order chi connectivity index (χ0) is 33.3. The minimum Gasteiger partial charge on any atom is -0.481 e. The van der Waals surface area contributed by atoms with Gasteiger partial charge in [-0.3, -0.25) is 14.4 Å². The van der Waals surface area contributed by atoms with Gasteiger partial charge in [-0.05, 0) is 30.7 Å². The van der Waals surface area contributed by atoms with Crippen LogP contribution < -0.4 is 0 Å². The molecule has 2 N–H and O–H groups in total. The second-order valence-electron chi connectivity index (χ2n) is 15.1. The highest BCUT2D eigenvalue weighted by Crippen LogP contribution is 2.51. The molecule has 6 nitrogen and oxygen atoms in total. The van der Waals surface area contributed by atoms with E-state index in [2.05, 4.69) is 20.8 Å². The van der Waals surface area contributed by atoms with Crippen molar-refractivity contribution in [2.45, 2.75) is 125 Å². The largest absolute Gasteiger partial charge is 0.481 e. The van der Waals surface area contributed by atoms with Crippen molar-refractivity contribution in [3.8, 4) is 0 Å². The van der Waals surface area contributed by atoms with Gasteiger partial charge >= 0.3 is 11.9 Å². The van der Waals surface area contributed by atoms with Crippen molar-refractivity contribution in [2.75, 3.05) is 0 Å². The number of carbonyl (C=O) groups is 4. The molecule has 0 saturated heterocycles. The first-order valence-electron chi connectivity index (χ1n) is 14.1. The van der Waals surface area contributed by atoms with E-state index in [1.165, 1.54) is 6.07 Å². The number of carboxylic acid groups (broad SMARTS) is 2. The van der Waals surface area contributed by atoms with Crippen molar-refractivity contribution in [3.63, 3.8) is 0 Å². The van der Waals surface area contributed by atoms with E-state index >= 15 is 0 Å². The van der Waals surface area contributed by atoms with Crippen LogP contribution in [0.15, 0.2) is 24.3 Å². The lowest BCUT2D eigenvalue weighted by Gasteiger charge is -2.48. The lowest BCUT2D eigenvalue weighted by molar-refractivity contribution is -0.159. The van der Waals surface area contributed by atoms with Crippen molar-refractivity contribution in [2.24, 2.45) is 32.5 Å². The monoisotopic (exact) mass is 564 g/mol. The van der Waals surface area contributed by atoms with Crippen molar-refractivity contribution < 1.29 is 29.4 Å². The fourth-order valence-electron chi connectivity index (χ4n) is 3.60. The van der Waals surface area contributed by atoms with E-state index in [0.717, 1.165) is 0 Å². The normalized spacial score (nSPS) is 12.3. The van der Waals surface area contributed by atoms with Crippen LogP contribution >= 0.6 is 0 Å². The fourth-order valence-corrected chi connectivity index (χ4v) is 3.60. The number of carboxylic acids is 2. The SMILES string of the molecule is CC.CC(C)(C)C(=O)C(C)(C)C.CC(C)(C)C(=O)c1ccccc1C(=O)O.CC(C)(C)C(C)(C)C(C)(C)C(=O)O. The highest BCUT2D eigenvalue weighted by Gasteiger charge is 2.50. The van der Waals surface area contributed by atoms with Crippen molar-refractivity contribution in [3.05, 3.63) is 35.4 Å². The van der Waals surface area contributed by atoms with Gasteiger partial charge in [0.25, 0.3) is 0 Å². The van der Waals surface area contributed by atoms with Gasteiger partial charge in [-0.2, -0.15) is 0 Å². The van der Waals surface area contributed by atoms with E-state index in [0.29, 0.717) is 5.78 Å². The van der Waals surface area contributed by atoms with Crippen LogP contribution in [0.1, 0.15) is 145 Å². The molecule has 0 amide bonds. The Morgan fingerprint density at radius 3 is 1.05 bits per heavy atom. The third kappa shape index (κ3) is 12.3. The summed E-state index contributed by atoms with van der Waals surface area (Å²) in [7, 11) is 0. The molecule has 1 aromatic rings. The Hall–Kier alpha value is -2.50. The summed E-state index contributed by atoms with van der Waals surface area (Å²) in [5.74, 6) is -1.63. The second-order valence-corrected chi connectivity index (χ2v) is 15.1.